The summed E-state index contributed by atoms with van der Waals surface area (Å²) in [7, 11) is 0. The number of halogens is 1. The minimum atomic E-state index is -0.863. The average molecular weight is 418 g/mol. The highest BCUT2D eigenvalue weighted by atomic mass is 19.1. The molecule has 0 unspecified atom stereocenters. The Hall–Kier alpha value is -0.860. The van der Waals surface area contributed by atoms with E-state index in [9.17, 15) is 5.21 Å². The predicted molar refractivity (Wildman–Crippen MR) is 123 cm³/mol. The van der Waals surface area contributed by atoms with Crippen LogP contribution in [0.1, 0.15) is 98.8 Å². The van der Waals surface area contributed by atoms with Gasteiger partial charge in [-0.2, -0.15) is 0 Å². The van der Waals surface area contributed by atoms with Crippen LogP contribution in [0.25, 0.3) is 0 Å². The van der Waals surface area contributed by atoms with Crippen LogP contribution in [0.2, 0.25) is 0 Å². The molecule has 0 amide bonds. The van der Waals surface area contributed by atoms with Crippen molar-refractivity contribution in [2.75, 3.05) is 0 Å². The fraction of sp³-hybridized carbons (Fsp3) is 0.889. The molecule has 0 aromatic rings. The lowest BCUT2D eigenvalue weighted by molar-refractivity contribution is -0.0712. The number of allylic oxidation sites excluding steroid dienone is 2. The minimum absolute atomic E-state index is 0.0428. The fourth-order valence-corrected chi connectivity index (χ4v) is 8.67. The number of hydrogen-bond donors (Lipinski definition) is 1. The molecular formula is C27H44FNO. The average Bonchev–Trinajstić information content (AvgIpc) is 3.05. The first-order chi connectivity index (χ1) is 14.2. The standard InChI is InChI=1S/C27H44FNO/c1-17(2)7-6-8-18(3)21-9-10-22-20-16-25(28)24-15-19(29-30)11-13-27(24,5)23(20)12-14-26(21,22)4/h15,17-18,20-23,25,30H,6-14,16H2,1-5H3/b29-19-/t18-,20+,21-,22+,23+,25-,26-,27-/m1/s1. The maximum absolute atomic E-state index is 15.5. The van der Waals surface area contributed by atoms with Crippen LogP contribution < -0.4 is 0 Å². The molecule has 0 saturated heterocycles. The maximum Gasteiger partial charge on any atom is 0.122 e. The van der Waals surface area contributed by atoms with Crippen molar-refractivity contribution in [1.29, 1.82) is 0 Å². The monoisotopic (exact) mass is 417 g/mol. The summed E-state index contributed by atoms with van der Waals surface area (Å²) in [5, 5.41) is 12.6. The summed E-state index contributed by atoms with van der Waals surface area (Å²) in [5.74, 6) is 4.24. The van der Waals surface area contributed by atoms with E-state index < -0.39 is 6.17 Å². The molecule has 8 atom stereocenters. The number of nitrogens with zero attached hydrogens (tertiary/aromatic N) is 1. The van der Waals surface area contributed by atoms with Crippen molar-refractivity contribution in [3.8, 4) is 0 Å². The van der Waals surface area contributed by atoms with Crippen LogP contribution in [0.3, 0.4) is 0 Å². The Balaban J connectivity index is 1.53. The quantitative estimate of drug-likeness (QED) is 0.359. The Morgan fingerprint density at radius 3 is 2.57 bits per heavy atom. The molecule has 2 nitrogen and oxygen atoms in total. The zero-order chi connectivity index (χ0) is 21.7. The summed E-state index contributed by atoms with van der Waals surface area (Å²) in [6.07, 6.45) is 12.7. The Morgan fingerprint density at radius 1 is 1.10 bits per heavy atom. The maximum atomic E-state index is 15.5. The zero-order valence-corrected chi connectivity index (χ0v) is 20.0. The summed E-state index contributed by atoms with van der Waals surface area (Å²) in [6.45, 7) is 12.1. The molecule has 4 aliphatic carbocycles. The molecule has 170 valence electrons. The lowest BCUT2D eigenvalue weighted by Gasteiger charge is -2.59. The van der Waals surface area contributed by atoms with E-state index in [1.807, 2.05) is 6.08 Å². The van der Waals surface area contributed by atoms with E-state index >= 15 is 4.39 Å². The Bertz CT molecular complexity index is 699. The molecule has 30 heavy (non-hydrogen) atoms. The van der Waals surface area contributed by atoms with Gasteiger partial charge in [0.1, 0.15) is 6.17 Å². The van der Waals surface area contributed by atoms with Crippen molar-refractivity contribution in [3.63, 3.8) is 0 Å². The van der Waals surface area contributed by atoms with E-state index in [0.717, 1.165) is 36.2 Å². The number of rotatable bonds is 5. The molecule has 0 aromatic heterocycles. The van der Waals surface area contributed by atoms with Gasteiger partial charge in [0.25, 0.3) is 0 Å². The van der Waals surface area contributed by atoms with Crippen molar-refractivity contribution < 1.29 is 9.60 Å². The lowest BCUT2D eigenvalue weighted by Crippen LogP contribution is -2.53. The largest absolute Gasteiger partial charge is 0.411 e. The molecule has 0 heterocycles. The second-order valence-corrected chi connectivity index (χ2v) is 12.2. The van der Waals surface area contributed by atoms with Gasteiger partial charge in [0.05, 0.1) is 5.71 Å². The number of oxime groups is 1. The van der Waals surface area contributed by atoms with Crippen LogP contribution in [-0.2, 0) is 0 Å². The molecule has 0 aromatic carbocycles. The van der Waals surface area contributed by atoms with Crippen LogP contribution >= 0.6 is 0 Å². The van der Waals surface area contributed by atoms with Gasteiger partial charge in [-0.3, -0.25) is 0 Å². The number of fused-ring (bicyclic) bond motifs is 5. The van der Waals surface area contributed by atoms with Crippen LogP contribution in [0.15, 0.2) is 16.8 Å². The van der Waals surface area contributed by atoms with Gasteiger partial charge in [-0.15, -0.1) is 0 Å². The number of hydrogen-bond acceptors (Lipinski definition) is 2. The zero-order valence-electron chi connectivity index (χ0n) is 20.0. The molecule has 0 radical (unpaired) electrons. The van der Waals surface area contributed by atoms with Gasteiger partial charge in [-0.25, -0.2) is 4.39 Å². The van der Waals surface area contributed by atoms with Gasteiger partial charge in [-0.05, 0) is 103 Å². The molecular weight excluding hydrogens is 373 g/mol. The summed E-state index contributed by atoms with van der Waals surface area (Å²) in [6, 6.07) is 0. The highest BCUT2D eigenvalue weighted by Gasteiger charge is 2.61. The molecule has 0 bridgehead atoms. The molecule has 3 saturated carbocycles. The molecule has 0 aliphatic heterocycles. The van der Waals surface area contributed by atoms with E-state index in [-0.39, 0.29) is 5.41 Å². The molecule has 0 spiro atoms. The third-order valence-electron chi connectivity index (χ3n) is 10.3. The minimum Gasteiger partial charge on any atom is -0.411 e. The van der Waals surface area contributed by atoms with Gasteiger partial charge in [0.15, 0.2) is 0 Å². The molecule has 1 N–H and O–H groups in total. The van der Waals surface area contributed by atoms with E-state index in [1.54, 1.807) is 0 Å². The van der Waals surface area contributed by atoms with Gasteiger partial charge in [0.2, 0.25) is 0 Å². The second-order valence-electron chi connectivity index (χ2n) is 12.2. The molecule has 3 heteroatoms. The number of alkyl halides is 1. The SMILES string of the molecule is CC(C)CCC[C@@H](C)[C@H]1CC[C@H]2[C@@H]3C[C@@H](F)C4=C/C(=N\O)CC[C@]4(C)[C@H]3CC[C@]12C. The van der Waals surface area contributed by atoms with Crippen LogP contribution in [0.4, 0.5) is 4.39 Å². The van der Waals surface area contributed by atoms with Gasteiger partial charge in [0, 0.05) is 0 Å². The fourth-order valence-electron chi connectivity index (χ4n) is 8.67. The molecule has 4 aliphatic rings. The van der Waals surface area contributed by atoms with E-state index in [0.29, 0.717) is 35.3 Å². The van der Waals surface area contributed by atoms with E-state index in [1.165, 1.54) is 44.9 Å². The topological polar surface area (TPSA) is 32.6 Å². The van der Waals surface area contributed by atoms with E-state index in [4.69, 9.17) is 0 Å². The highest BCUT2D eigenvalue weighted by Crippen LogP contribution is 2.68. The van der Waals surface area contributed by atoms with Gasteiger partial charge < -0.3 is 5.21 Å². The normalized spacial score (nSPS) is 45.6. The van der Waals surface area contributed by atoms with Crippen LogP contribution in [0.5, 0.6) is 0 Å². The second kappa shape index (κ2) is 8.24. The summed E-state index contributed by atoms with van der Waals surface area (Å²) in [4.78, 5) is 0. The Labute approximate surface area is 183 Å². The summed E-state index contributed by atoms with van der Waals surface area (Å²) >= 11 is 0. The first-order valence-corrected chi connectivity index (χ1v) is 12.8. The van der Waals surface area contributed by atoms with Crippen molar-refractivity contribution in [2.45, 2.75) is 105 Å². The van der Waals surface area contributed by atoms with E-state index in [2.05, 4.69) is 39.8 Å². The lowest BCUT2D eigenvalue weighted by atomic mass is 9.46. The van der Waals surface area contributed by atoms with Crippen LogP contribution in [-0.4, -0.2) is 17.1 Å². The first-order valence-electron chi connectivity index (χ1n) is 12.8. The third kappa shape index (κ3) is 3.56. The first kappa shape index (κ1) is 22.3. The molecule has 4 rings (SSSR count). The molecule has 3 fully saturated rings. The van der Waals surface area contributed by atoms with Crippen molar-refractivity contribution in [3.05, 3.63) is 11.6 Å². The third-order valence-corrected chi connectivity index (χ3v) is 10.3. The highest BCUT2D eigenvalue weighted by molar-refractivity contribution is 5.96. The Morgan fingerprint density at radius 2 is 1.87 bits per heavy atom. The Kier molecular flexibility index (Phi) is 6.14. The van der Waals surface area contributed by atoms with Gasteiger partial charge in [-0.1, -0.05) is 59.0 Å². The predicted octanol–water partition coefficient (Wildman–Crippen LogP) is 7.81. The van der Waals surface area contributed by atoms with Crippen molar-refractivity contribution >= 4 is 5.71 Å². The summed E-state index contributed by atoms with van der Waals surface area (Å²) in [5.41, 5.74) is 1.96. The smallest absolute Gasteiger partial charge is 0.122 e. The summed E-state index contributed by atoms with van der Waals surface area (Å²) < 4.78 is 15.5. The van der Waals surface area contributed by atoms with Crippen LogP contribution in [0, 0.1) is 46.3 Å². The van der Waals surface area contributed by atoms with Crippen molar-refractivity contribution in [1.82, 2.24) is 0 Å². The van der Waals surface area contributed by atoms with Gasteiger partial charge >= 0.3 is 0 Å². The van der Waals surface area contributed by atoms with Crippen molar-refractivity contribution in [2.24, 2.45) is 51.5 Å².